The minimum Gasteiger partial charge on any atom is -0.472 e. The Morgan fingerprint density at radius 2 is 2.07 bits per heavy atom. The van der Waals surface area contributed by atoms with E-state index >= 15 is 0 Å². The summed E-state index contributed by atoms with van der Waals surface area (Å²) in [5.74, 6) is 0.407. The summed E-state index contributed by atoms with van der Waals surface area (Å²) in [6.45, 7) is 0. The zero-order valence-corrected chi connectivity index (χ0v) is 6.95. The highest BCUT2D eigenvalue weighted by molar-refractivity contribution is 5.52. The highest BCUT2D eigenvalue weighted by Crippen LogP contribution is 2.16. The molecule has 0 saturated carbocycles. The van der Waals surface area contributed by atoms with Gasteiger partial charge in [-0.25, -0.2) is 9.97 Å². The highest BCUT2D eigenvalue weighted by Gasteiger charge is 2.08. The summed E-state index contributed by atoms with van der Waals surface area (Å²) in [4.78, 5) is 17.4. The van der Waals surface area contributed by atoms with E-state index in [0.29, 0.717) is 11.4 Å². The molecule has 0 aliphatic rings. The van der Waals surface area contributed by atoms with Crippen LogP contribution in [0.25, 0.3) is 11.4 Å². The summed E-state index contributed by atoms with van der Waals surface area (Å²) in [6.07, 6.45) is 5.28. The van der Waals surface area contributed by atoms with Crippen LogP contribution in [-0.4, -0.2) is 14.9 Å². The summed E-state index contributed by atoms with van der Waals surface area (Å²) in [6, 6.07) is 1.68. The molecule has 6 heteroatoms. The average Bonchev–Trinajstić information content (AvgIpc) is 2.71. The van der Waals surface area contributed by atoms with Crippen molar-refractivity contribution in [3.05, 3.63) is 41.1 Å². The monoisotopic (exact) mass is 191 g/mol. The second kappa shape index (κ2) is 3.25. The molecule has 0 spiro atoms. The van der Waals surface area contributed by atoms with Gasteiger partial charge < -0.3 is 4.42 Å². The van der Waals surface area contributed by atoms with Gasteiger partial charge in [0.25, 0.3) is 0 Å². The van der Waals surface area contributed by atoms with Crippen LogP contribution < -0.4 is 0 Å². The van der Waals surface area contributed by atoms with Crippen molar-refractivity contribution in [2.45, 2.75) is 0 Å². The molecule has 0 aliphatic carbocycles. The van der Waals surface area contributed by atoms with Crippen LogP contribution in [0.15, 0.2) is 35.4 Å². The van der Waals surface area contributed by atoms with E-state index < -0.39 is 4.92 Å². The molecule has 0 aromatic carbocycles. The number of nitrogens with zero attached hydrogens (tertiary/aromatic N) is 3. The van der Waals surface area contributed by atoms with E-state index in [1.165, 1.54) is 12.5 Å². The molecule has 0 saturated heterocycles. The molecule has 0 N–H and O–H groups in total. The van der Waals surface area contributed by atoms with Crippen LogP contribution in [-0.2, 0) is 0 Å². The first-order chi connectivity index (χ1) is 6.77. The van der Waals surface area contributed by atoms with Gasteiger partial charge in [-0.2, -0.15) is 0 Å². The van der Waals surface area contributed by atoms with Gasteiger partial charge in [-0.15, -0.1) is 0 Å². The van der Waals surface area contributed by atoms with Crippen LogP contribution in [0.3, 0.4) is 0 Å². The second-order valence-electron chi connectivity index (χ2n) is 2.53. The second-order valence-corrected chi connectivity index (χ2v) is 2.53. The normalized spacial score (nSPS) is 10.0. The van der Waals surface area contributed by atoms with Crippen molar-refractivity contribution in [3.63, 3.8) is 0 Å². The number of aromatic nitrogens is 2. The number of hydrogen-bond donors (Lipinski definition) is 0. The van der Waals surface area contributed by atoms with Gasteiger partial charge in [0.05, 0.1) is 16.7 Å². The summed E-state index contributed by atoms with van der Waals surface area (Å²) in [5, 5.41) is 10.3. The van der Waals surface area contributed by atoms with Gasteiger partial charge in [0, 0.05) is 0 Å². The molecule has 0 atom stereocenters. The first kappa shape index (κ1) is 8.36. The summed E-state index contributed by atoms with van der Waals surface area (Å²) in [5.41, 5.74) is 0.567. The zero-order chi connectivity index (χ0) is 9.97. The van der Waals surface area contributed by atoms with Crippen LogP contribution in [0.2, 0.25) is 0 Å². The van der Waals surface area contributed by atoms with E-state index in [9.17, 15) is 10.1 Å². The Labute approximate surface area is 78.4 Å². The molecule has 2 heterocycles. The van der Waals surface area contributed by atoms with E-state index in [1.54, 1.807) is 6.07 Å². The third-order valence-electron chi connectivity index (χ3n) is 1.63. The van der Waals surface area contributed by atoms with Gasteiger partial charge in [-0.05, 0) is 6.07 Å². The molecular formula is C8H5N3O3. The van der Waals surface area contributed by atoms with Crippen LogP contribution in [0.1, 0.15) is 0 Å². The lowest BCUT2D eigenvalue weighted by Gasteiger charge is -1.93. The highest BCUT2D eigenvalue weighted by atomic mass is 16.6. The minimum absolute atomic E-state index is 0.128. The Kier molecular flexibility index (Phi) is 1.94. The van der Waals surface area contributed by atoms with Gasteiger partial charge in [-0.3, -0.25) is 10.1 Å². The number of nitro groups is 1. The van der Waals surface area contributed by atoms with Gasteiger partial charge in [-0.1, -0.05) is 0 Å². The fourth-order valence-corrected chi connectivity index (χ4v) is 0.956. The fourth-order valence-electron chi connectivity index (χ4n) is 0.956. The standard InChI is InChI=1S/C8H5N3O3/c12-11(13)7-3-9-8(10-4-7)6-1-2-14-5-6/h1-5H. The van der Waals surface area contributed by atoms with Gasteiger partial charge in [0.15, 0.2) is 5.82 Å². The van der Waals surface area contributed by atoms with E-state index in [1.807, 2.05) is 0 Å². The lowest BCUT2D eigenvalue weighted by Crippen LogP contribution is -1.92. The Morgan fingerprint density at radius 3 is 2.57 bits per heavy atom. The molecule has 2 rings (SSSR count). The Morgan fingerprint density at radius 1 is 1.36 bits per heavy atom. The molecule has 2 aromatic rings. The van der Waals surface area contributed by atoms with Crippen molar-refractivity contribution in [1.82, 2.24) is 9.97 Å². The lowest BCUT2D eigenvalue weighted by atomic mass is 10.3. The average molecular weight is 191 g/mol. The minimum atomic E-state index is -0.543. The summed E-state index contributed by atoms with van der Waals surface area (Å²) >= 11 is 0. The topological polar surface area (TPSA) is 82.1 Å². The van der Waals surface area contributed by atoms with E-state index in [-0.39, 0.29) is 5.69 Å². The Hall–Kier alpha value is -2.24. The third kappa shape index (κ3) is 1.45. The maximum absolute atomic E-state index is 10.3. The van der Waals surface area contributed by atoms with Crippen molar-refractivity contribution >= 4 is 5.69 Å². The SMILES string of the molecule is O=[N+]([O-])c1cnc(-c2ccoc2)nc1. The van der Waals surface area contributed by atoms with Crippen molar-refractivity contribution in [1.29, 1.82) is 0 Å². The van der Waals surface area contributed by atoms with Gasteiger partial charge >= 0.3 is 5.69 Å². The first-order valence-corrected chi connectivity index (χ1v) is 3.76. The quantitative estimate of drug-likeness (QED) is 0.532. The Bertz CT molecular complexity index is 435. The molecule has 2 aromatic heterocycles. The molecule has 6 nitrogen and oxygen atoms in total. The van der Waals surface area contributed by atoms with Crippen LogP contribution in [0.4, 0.5) is 5.69 Å². The van der Waals surface area contributed by atoms with Crippen molar-refractivity contribution in [2.24, 2.45) is 0 Å². The molecule has 70 valence electrons. The molecule has 0 unspecified atom stereocenters. The Balaban J connectivity index is 2.36. The molecule has 14 heavy (non-hydrogen) atoms. The van der Waals surface area contributed by atoms with Crippen LogP contribution >= 0.6 is 0 Å². The predicted octanol–water partition coefficient (Wildman–Crippen LogP) is 1.64. The van der Waals surface area contributed by atoms with Crippen LogP contribution in [0.5, 0.6) is 0 Å². The van der Waals surface area contributed by atoms with Gasteiger partial charge in [0.1, 0.15) is 18.7 Å². The molecule has 0 bridgehead atoms. The van der Waals surface area contributed by atoms with E-state index in [2.05, 4.69) is 9.97 Å². The van der Waals surface area contributed by atoms with Crippen molar-refractivity contribution in [3.8, 4) is 11.4 Å². The molecule has 0 radical (unpaired) electrons. The maximum atomic E-state index is 10.3. The fraction of sp³-hybridized carbons (Fsp3) is 0. The number of furan rings is 1. The van der Waals surface area contributed by atoms with Gasteiger partial charge in [0.2, 0.25) is 0 Å². The zero-order valence-electron chi connectivity index (χ0n) is 6.95. The number of rotatable bonds is 2. The van der Waals surface area contributed by atoms with Crippen molar-refractivity contribution in [2.75, 3.05) is 0 Å². The smallest absolute Gasteiger partial charge is 0.305 e. The predicted molar refractivity (Wildman–Crippen MR) is 46.4 cm³/mol. The van der Waals surface area contributed by atoms with Crippen molar-refractivity contribution < 1.29 is 9.34 Å². The summed E-state index contributed by atoms with van der Waals surface area (Å²) in [7, 11) is 0. The lowest BCUT2D eigenvalue weighted by molar-refractivity contribution is -0.385. The van der Waals surface area contributed by atoms with E-state index in [4.69, 9.17) is 4.42 Å². The molecular weight excluding hydrogens is 186 g/mol. The molecule has 0 aliphatic heterocycles. The summed E-state index contributed by atoms with van der Waals surface area (Å²) < 4.78 is 4.83. The van der Waals surface area contributed by atoms with E-state index in [0.717, 1.165) is 12.4 Å². The first-order valence-electron chi connectivity index (χ1n) is 3.76. The molecule has 0 amide bonds. The van der Waals surface area contributed by atoms with Crippen LogP contribution in [0, 0.1) is 10.1 Å². The third-order valence-corrected chi connectivity index (χ3v) is 1.63. The molecule has 0 fully saturated rings. The maximum Gasteiger partial charge on any atom is 0.305 e. The number of hydrogen-bond acceptors (Lipinski definition) is 5. The largest absolute Gasteiger partial charge is 0.472 e.